The number of hydrogen-bond donors (Lipinski definition) is 0. The van der Waals surface area contributed by atoms with Crippen LogP contribution in [0.1, 0.15) is 34.5 Å². The van der Waals surface area contributed by atoms with E-state index >= 15 is 0 Å². The van der Waals surface area contributed by atoms with E-state index in [0.717, 1.165) is 50.1 Å². The minimum Gasteiger partial charge on any atom is -0.459 e. The monoisotopic (exact) mass is 388 g/mol. The number of aryl methyl sites for hydroxylation is 1. The molecule has 1 aromatic heterocycles. The summed E-state index contributed by atoms with van der Waals surface area (Å²) in [5.41, 5.74) is 3.47. The number of para-hydroxylation sites is 1. The zero-order valence-electron chi connectivity index (χ0n) is 17.0. The molecular weight excluding hydrogens is 360 g/mol. The van der Waals surface area contributed by atoms with E-state index in [0.29, 0.717) is 5.76 Å². The van der Waals surface area contributed by atoms with Crippen LogP contribution >= 0.6 is 0 Å². The molecule has 0 atom stereocenters. The lowest BCUT2D eigenvalue weighted by Gasteiger charge is -2.38. The molecule has 4 rings (SSSR count). The highest BCUT2D eigenvalue weighted by Crippen LogP contribution is 2.28. The molecule has 1 fully saturated rings. The predicted octanol–water partition coefficient (Wildman–Crippen LogP) is 4.94. The number of carbonyl (C=O) groups is 1. The van der Waals surface area contributed by atoms with Crippen LogP contribution in [0.15, 0.2) is 77.4 Å². The molecule has 4 heteroatoms. The van der Waals surface area contributed by atoms with Crippen LogP contribution < -0.4 is 4.90 Å². The maximum atomic E-state index is 13.3. The summed E-state index contributed by atoms with van der Waals surface area (Å²) in [5, 5.41) is 0. The number of furan rings is 1. The number of piperidine rings is 1. The van der Waals surface area contributed by atoms with Gasteiger partial charge in [-0.1, -0.05) is 48.5 Å². The summed E-state index contributed by atoms with van der Waals surface area (Å²) in [5.74, 6) is 0.354. The first-order chi connectivity index (χ1) is 14.2. The Balaban J connectivity index is 1.45. The molecule has 0 N–H and O–H groups in total. The number of carbonyl (C=O) groups excluding carboxylic acids is 1. The van der Waals surface area contributed by atoms with Gasteiger partial charge < -0.3 is 14.2 Å². The van der Waals surface area contributed by atoms with Gasteiger partial charge in [0, 0.05) is 31.4 Å². The summed E-state index contributed by atoms with van der Waals surface area (Å²) in [6.07, 6.45) is 4.57. The third-order valence-corrected chi connectivity index (χ3v) is 5.81. The standard InChI is InChI=1S/C25H28N2O2/c1-20-8-5-6-11-23(20)27(25(28)24-12-7-19-29-24)22-14-17-26(18-15-22)16-13-21-9-3-2-4-10-21/h2-12,19,22H,13-18H2,1H3. The first-order valence-electron chi connectivity index (χ1n) is 10.4. The van der Waals surface area contributed by atoms with Crippen molar-refractivity contribution < 1.29 is 9.21 Å². The van der Waals surface area contributed by atoms with E-state index in [9.17, 15) is 4.79 Å². The van der Waals surface area contributed by atoms with Crippen LogP contribution in [-0.2, 0) is 6.42 Å². The highest BCUT2D eigenvalue weighted by molar-refractivity contribution is 6.05. The Bertz CT molecular complexity index is 913. The Morgan fingerprint density at radius 1 is 1.00 bits per heavy atom. The Kier molecular flexibility index (Phi) is 6.11. The fourth-order valence-corrected chi connectivity index (χ4v) is 4.16. The molecule has 1 amide bonds. The molecule has 1 aliphatic heterocycles. The van der Waals surface area contributed by atoms with Gasteiger partial charge in [0.1, 0.15) is 0 Å². The van der Waals surface area contributed by atoms with Crippen molar-refractivity contribution in [3.05, 3.63) is 89.9 Å². The lowest BCUT2D eigenvalue weighted by atomic mass is 10.00. The average Bonchev–Trinajstić information content (AvgIpc) is 3.30. The molecule has 0 aliphatic carbocycles. The lowest BCUT2D eigenvalue weighted by Crippen LogP contribution is -2.48. The van der Waals surface area contributed by atoms with E-state index in [1.165, 1.54) is 5.56 Å². The van der Waals surface area contributed by atoms with Crippen molar-refractivity contribution >= 4 is 11.6 Å². The minimum absolute atomic E-state index is 0.0490. The number of anilines is 1. The average molecular weight is 389 g/mol. The van der Waals surface area contributed by atoms with Crippen molar-refractivity contribution in [2.24, 2.45) is 0 Å². The van der Waals surface area contributed by atoms with Crippen LogP contribution in [0.4, 0.5) is 5.69 Å². The van der Waals surface area contributed by atoms with Gasteiger partial charge in [-0.2, -0.15) is 0 Å². The molecule has 150 valence electrons. The van der Waals surface area contributed by atoms with Crippen molar-refractivity contribution in [2.75, 3.05) is 24.5 Å². The molecule has 0 radical (unpaired) electrons. The van der Waals surface area contributed by atoms with Gasteiger partial charge in [0.05, 0.1) is 6.26 Å². The van der Waals surface area contributed by atoms with E-state index in [4.69, 9.17) is 4.42 Å². The molecule has 2 heterocycles. The molecule has 0 unspecified atom stereocenters. The van der Waals surface area contributed by atoms with Gasteiger partial charge >= 0.3 is 0 Å². The van der Waals surface area contributed by atoms with Crippen LogP contribution in [0, 0.1) is 6.92 Å². The summed E-state index contributed by atoms with van der Waals surface area (Å²) >= 11 is 0. The molecule has 0 bridgehead atoms. The molecule has 1 saturated heterocycles. The van der Waals surface area contributed by atoms with Gasteiger partial charge in [0.15, 0.2) is 5.76 Å². The number of amides is 1. The number of rotatable bonds is 6. The maximum Gasteiger partial charge on any atom is 0.294 e. The van der Waals surface area contributed by atoms with E-state index in [2.05, 4.69) is 48.2 Å². The van der Waals surface area contributed by atoms with E-state index in [1.54, 1.807) is 18.4 Å². The van der Waals surface area contributed by atoms with Gasteiger partial charge in [-0.05, 0) is 55.5 Å². The molecule has 1 aliphatic rings. The fraction of sp³-hybridized carbons (Fsp3) is 0.320. The van der Waals surface area contributed by atoms with Crippen molar-refractivity contribution in [1.82, 2.24) is 4.90 Å². The van der Waals surface area contributed by atoms with Crippen molar-refractivity contribution in [1.29, 1.82) is 0 Å². The number of nitrogens with zero attached hydrogens (tertiary/aromatic N) is 2. The number of likely N-dealkylation sites (tertiary alicyclic amines) is 1. The highest BCUT2D eigenvalue weighted by atomic mass is 16.3. The van der Waals surface area contributed by atoms with Crippen LogP contribution in [0.2, 0.25) is 0 Å². The van der Waals surface area contributed by atoms with Crippen molar-refractivity contribution in [2.45, 2.75) is 32.2 Å². The SMILES string of the molecule is Cc1ccccc1N(C(=O)c1ccco1)C1CCN(CCc2ccccc2)CC1. The Morgan fingerprint density at radius 3 is 2.41 bits per heavy atom. The summed E-state index contributed by atoms with van der Waals surface area (Å²) in [7, 11) is 0. The molecule has 4 nitrogen and oxygen atoms in total. The summed E-state index contributed by atoms with van der Waals surface area (Å²) in [6.45, 7) is 5.14. The smallest absolute Gasteiger partial charge is 0.294 e. The second-order valence-electron chi connectivity index (χ2n) is 7.75. The van der Waals surface area contributed by atoms with Gasteiger partial charge in [0.2, 0.25) is 0 Å². The van der Waals surface area contributed by atoms with E-state index in [1.807, 2.05) is 23.1 Å². The molecule has 29 heavy (non-hydrogen) atoms. The number of benzene rings is 2. The lowest BCUT2D eigenvalue weighted by molar-refractivity contribution is 0.0933. The summed E-state index contributed by atoms with van der Waals surface area (Å²) in [4.78, 5) is 17.7. The van der Waals surface area contributed by atoms with E-state index in [-0.39, 0.29) is 11.9 Å². The predicted molar refractivity (Wildman–Crippen MR) is 116 cm³/mol. The highest BCUT2D eigenvalue weighted by Gasteiger charge is 2.31. The Hall–Kier alpha value is -2.85. The van der Waals surface area contributed by atoms with Crippen LogP contribution in [0.25, 0.3) is 0 Å². The van der Waals surface area contributed by atoms with Gasteiger partial charge in [0.25, 0.3) is 5.91 Å². The zero-order valence-corrected chi connectivity index (χ0v) is 17.0. The van der Waals surface area contributed by atoms with Crippen molar-refractivity contribution in [3.63, 3.8) is 0 Å². The van der Waals surface area contributed by atoms with Gasteiger partial charge in [-0.3, -0.25) is 4.79 Å². The van der Waals surface area contributed by atoms with Crippen LogP contribution in [-0.4, -0.2) is 36.5 Å². The van der Waals surface area contributed by atoms with Crippen LogP contribution in [0.3, 0.4) is 0 Å². The fourth-order valence-electron chi connectivity index (χ4n) is 4.16. The molecular formula is C25H28N2O2. The summed E-state index contributed by atoms with van der Waals surface area (Å²) in [6, 6.07) is 22.5. The molecule has 0 saturated carbocycles. The first-order valence-corrected chi connectivity index (χ1v) is 10.4. The summed E-state index contributed by atoms with van der Waals surface area (Å²) < 4.78 is 5.44. The third-order valence-electron chi connectivity index (χ3n) is 5.81. The van der Waals surface area contributed by atoms with E-state index < -0.39 is 0 Å². The third kappa shape index (κ3) is 4.60. The number of hydrogen-bond acceptors (Lipinski definition) is 3. The first kappa shape index (κ1) is 19.5. The molecule has 0 spiro atoms. The maximum absolute atomic E-state index is 13.3. The largest absolute Gasteiger partial charge is 0.459 e. The van der Waals surface area contributed by atoms with Crippen LogP contribution in [0.5, 0.6) is 0 Å². The molecule has 3 aromatic rings. The topological polar surface area (TPSA) is 36.7 Å². The normalized spacial score (nSPS) is 15.3. The molecule has 2 aromatic carbocycles. The van der Waals surface area contributed by atoms with Gasteiger partial charge in [-0.15, -0.1) is 0 Å². The van der Waals surface area contributed by atoms with Crippen molar-refractivity contribution in [3.8, 4) is 0 Å². The second kappa shape index (κ2) is 9.10. The minimum atomic E-state index is -0.0490. The Morgan fingerprint density at radius 2 is 1.72 bits per heavy atom. The van der Waals surface area contributed by atoms with Gasteiger partial charge in [-0.25, -0.2) is 0 Å². The quantitative estimate of drug-likeness (QED) is 0.600. The second-order valence-corrected chi connectivity index (χ2v) is 7.75. The Labute approximate surface area is 172 Å². The zero-order chi connectivity index (χ0) is 20.1.